The summed E-state index contributed by atoms with van der Waals surface area (Å²) in [4.78, 5) is 21.5. The lowest BCUT2D eigenvalue weighted by Gasteiger charge is -2.35. The van der Waals surface area contributed by atoms with Crippen molar-refractivity contribution >= 4 is 11.3 Å². The van der Waals surface area contributed by atoms with E-state index in [4.69, 9.17) is 0 Å². The van der Waals surface area contributed by atoms with Gasteiger partial charge in [0.1, 0.15) is 5.52 Å². The van der Waals surface area contributed by atoms with Crippen LogP contribution in [0.15, 0.2) is 47.7 Å². The van der Waals surface area contributed by atoms with Gasteiger partial charge in [-0.25, -0.2) is 18.9 Å². The van der Waals surface area contributed by atoms with E-state index in [2.05, 4.69) is 30.1 Å². The zero-order chi connectivity index (χ0) is 21.4. The van der Waals surface area contributed by atoms with Crippen LogP contribution in [0, 0.1) is 13.8 Å². The summed E-state index contributed by atoms with van der Waals surface area (Å²) in [6.07, 6.45) is 5.44. The van der Waals surface area contributed by atoms with Gasteiger partial charge in [0.2, 0.25) is 0 Å². The maximum Gasteiger partial charge on any atom is 0.266 e. The quantitative estimate of drug-likeness (QED) is 0.475. The SMILES string of the molecule is Cc1cc(C)n(-c2ccc(=O)n(CCN3CCN(c4nccn5nccc45)CC3)n2)n1. The summed E-state index contributed by atoms with van der Waals surface area (Å²) in [7, 11) is 0. The minimum atomic E-state index is -0.0967. The molecule has 10 heteroatoms. The van der Waals surface area contributed by atoms with Gasteiger partial charge in [-0.15, -0.1) is 5.10 Å². The van der Waals surface area contributed by atoms with Crippen LogP contribution >= 0.6 is 0 Å². The number of anilines is 1. The van der Waals surface area contributed by atoms with Gasteiger partial charge in [-0.2, -0.15) is 10.2 Å². The molecule has 4 aromatic heterocycles. The van der Waals surface area contributed by atoms with Crippen LogP contribution in [-0.2, 0) is 6.54 Å². The summed E-state index contributed by atoms with van der Waals surface area (Å²) in [5, 5.41) is 13.3. The van der Waals surface area contributed by atoms with E-state index in [1.807, 2.05) is 36.7 Å². The van der Waals surface area contributed by atoms with Gasteiger partial charge in [0.25, 0.3) is 5.56 Å². The lowest BCUT2D eigenvalue weighted by molar-refractivity contribution is 0.242. The van der Waals surface area contributed by atoms with Crippen molar-refractivity contribution in [3.05, 3.63) is 64.6 Å². The second-order valence-corrected chi connectivity index (χ2v) is 7.83. The first kappa shape index (κ1) is 19.4. The maximum absolute atomic E-state index is 12.3. The van der Waals surface area contributed by atoms with Gasteiger partial charge in [-0.05, 0) is 32.0 Å². The standard InChI is InChI=1S/C21H25N9O/c1-16-15-17(2)30(24-16)19-3-4-20(31)29(25-19)14-11-26-9-12-27(13-10-26)21-18-5-6-23-28(18)8-7-22-21/h3-8,15H,9-14H2,1-2H3. The average molecular weight is 419 g/mol. The number of hydrogen-bond acceptors (Lipinski definition) is 7. The van der Waals surface area contributed by atoms with Crippen molar-refractivity contribution in [3.8, 4) is 5.82 Å². The van der Waals surface area contributed by atoms with Crippen molar-refractivity contribution in [1.82, 2.24) is 39.1 Å². The molecule has 31 heavy (non-hydrogen) atoms. The lowest BCUT2D eigenvalue weighted by Crippen LogP contribution is -2.48. The zero-order valence-electron chi connectivity index (χ0n) is 17.7. The van der Waals surface area contributed by atoms with E-state index in [0.717, 1.165) is 55.4 Å². The Hall–Kier alpha value is -3.53. The van der Waals surface area contributed by atoms with Crippen molar-refractivity contribution in [2.75, 3.05) is 37.6 Å². The predicted molar refractivity (Wildman–Crippen MR) is 117 cm³/mol. The Kier molecular flexibility index (Phi) is 4.99. The molecular weight excluding hydrogens is 394 g/mol. The Morgan fingerprint density at radius 3 is 2.58 bits per heavy atom. The minimum Gasteiger partial charge on any atom is -0.352 e. The fraction of sp³-hybridized carbons (Fsp3) is 0.381. The highest BCUT2D eigenvalue weighted by atomic mass is 16.1. The molecule has 0 N–H and O–H groups in total. The first-order valence-corrected chi connectivity index (χ1v) is 10.5. The van der Waals surface area contributed by atoms with Crippen LogP contribution in [0.5, 0.6) is 0 Å². The van der Waals surface area contributed by atoms with Gasteiger partial charge in [-0.1, -0.05) is 0 Å². The van der Waals surface area contributed by atoms with Gasteiger partial charge >= 0.3 is 0 Å². The number of hydrogen-bond donors (Lipinski definition) is 0. The van der Waals surface area contributed by atoms with Gasteiger partial charge in [0.15, 0.2) is 11.6 Å². The molecule has 0 amide bonds. The molecule has 5 rings (SSSR count). The van der Waals surface area contributed by atoms with Crippen LogP contribution in [0.4, 0.5) is 5.82 Å². The average Bonchev–Trinajstić information content (AvgIpc) is 3.39. The van der Waals surface area contributed by atoms with E-state index in [1.54, 1.807) is 29.2 Å². The van der Waals surface area contributed by atoms with Gasteiger partial charge in [0.05, 0.1) is 18.4 Å². The molecule has 0 atom stereocenters. The Morgan fingerprint density at radius 1 is 0.968 bits per heavy atom. The molecule has 0 aromatic carbocycles. The normalized spacial score (nSPS) is 15.1. The highest BCUT2D eigenvalue weighted by Crippen LogP contribution is 2.19. The highest BCUT2D eigenvalue weighted by Gasteiger charge is 2.20. The summed E-state index contributed by atoms with van der Waals surface area (Å²) in [5.41, 5.74) is 2.84. The lowest BCUT2D eigenvalue weighted by atomic mass is 10.3. The largest absolute Gasteiger partial charge is 0.352 e. The predicted octanol–water partition coefficient (Wildman–Crippen LogP) is 0.911. The summed E-state index contributed by atoms with van der Waals surface area (Å²) in [6, 6.07) is 7.27. The fourth-order valence-corrected chi connectivity index (χ4v) is 4.08. The molecule has 0 saturated carbocycles. The van der Waals surface area contributed by atoms with Gasteiger partial charge < -0.3 is 4.90 Å². The number of aromatic nitrogens is 7. The monoisotopic (exact) mass is 419 g/mol. The summed E-state index contributed by atoms with van der Waals surface area (Å²) in [5.74, 6) is 1.63. The van der Waals surface area contributed by atoms with Crippen LogP contribution in [0.2, 0.25) is 0 Å². The first-order valence-electron chi connectivity index (χ1n) is 10.5. The molecule has 0 spiro atoms. The van der Waals surface area contributed by atoms with Crippen molar-refractivity contribution in [2.24, 2.45) is 0 Å². The third kappa shape index (κ3) is 3.81. The molecule has 10 nitrogen and oxygen atoms in total. The van der Waals surface area contributed by atoms with Crippen LogP contribution < -0.4 is 10.5 Å². The third-order valence-corrected chi connectivity index (χ3v) is 5.68. The summed E-state index contributed by atoms with van der Waals surface area (Å²) >= 11 is 0. The van der Waals surface area contributed by atoms with Crippen molar-refractivity contribution in [3.63, 3.8) is 0 Å². The van der Waals surface area contributed by atoms with E-state index < -0.39 is 0 Å². The number of fused-ring (bicyclic) bond motifs is 1. The highest BCUT2D eigenvalue weighted by molar-refractivity contribution is 5.68. The molecule has 0 aliphatic carbocycles. The molecular formula is C21H25N9O. The van der Waals surface area contributed by atoms with Crippen LogP contribution in [0.25, 0.3) is 11.3 Å². The van der Waals surface area contributed by atoms with Crippen molar-refractivity contribution in [2.45, 2.75) is 20.4 Å². The Balaban J connectivity index is 1.24. The second-order valence-electron chi connectivity index (χ2n) is 7.83. The van der Waals surface area contributed by atoms with E-state index in [0.29, 0.717) is 12.4 Å². The first-order chi connectivity index (χ1) is 15.1. The van der Waals surface area contributed by atoms with Gasteiger partial charge in [0, 0.05) is 56.9 Å². The van der Waals surface area contributed by atoms with Crippen LogP contribution in [-0.4, -0.2) is 71.8 Å². The van der Waals surface area contributed by atoms with E-state index >= 15 is 0 Å². The van der Waals surface area contributed by atoms with Crippen molar-refractivity contribution < 1.29 is 0 Å². The number of rotatable bonds is 5. The third-order valence-electron chi connectivity index (χ3n) is 5.68. The smallest absolute Gasteiger partial charge is 0.266 e. The molecule has 4 aromatic rings. The molecule has 160 valence electrons. The summed E-state index contributed by atoms with van der Waals surface area (Å²) in [6.45, 7) is 8.82. The second kappa shape index (κ2) is 7.95. The van der Waals surface area contributed by atoms with E-state index in [9.17, 15) is 4.79 Å². The molecule has 1 aliphatic heterocycles. The topological polar surface area (TPSA) is 89.4 Å². The molecule has 0 radical (unpaired) electrons. The fourth-order valence-electron chi connectivity index (χ4n) is 4.08. The van der Waals surface area contributed by atoms with E-state index in [1.165, 1.54) is 4.68 Å². The number of nitrogens with zero attached hydrogens (tertiary/aromatic N) is 9. The Bertz CT molecular complexity index is 1260. The zero-order valence-corrected chi connectivity index (χ0v) is 17.7. The Labute approximate surface area is 179 Å². The van der Waals surface area contributed by atoms with E-state index in [-0.39, 0.29) is 5.56 Å². The minimum absolute atomic E-state index is 0.0967. The Morgan fingerprint density at radius 2 is 1.81 bits per heavy atom. The van der Waals surface area contributed by atoms with Crippen LogP contribution in [0.1, 0.15) is 11.4 Å². The molecule has 0 bridgehead atoms. The number of piperazine rings is 1. The molecule has 5 heterocycles. The summed E-state index contributed by atoms with van der Waals surface area (Å²) < 4.78 is 5.16. The molecule has 1 saturated heterocycles. The van der Waals surface area contributed by atoms with Gasteiger partial charge in [-0.3, -0.25) is 9.69 Å². The molecule has 0 unspecified atom stereocenters. The number of aryl methyl sites for hydroxylation is 2. The van der Waals surface area contributed by atoms with Crippen molar-refractivity contribution in [1.29, 1.82) is 0 Å². The maximum atomic E-state index is 12.3. The molecule has 1 fully saturated rings. The van der Waals surface area contributed by atoms with Crippen LogP contribution in [0.3, 0.4) is 0 Å². The molecule has 1 aliphatic rings.